The molecule has 3 heterocycles. The second-order valence-electron chi connectivity index (χ2n) is 5.79. The third-order valence-corrected chi connectivity index (χ3v) is 5.53. The lowest BCUT2D eigenvalue weighted by Crippen LogP contribution is -2.17. The average molecular weight is 434 g/mol. The number of halogens is 2. The van der Waals surface area contributed by atoms with Crippen LogP contribution in [0.15, 0.2) is 44.0 Å². The third kappa shape index (κ3) is 4.59. The van der Waals surface area contributed by atoms with Gasteiger partial charge in [-0.1, -0.05) is 36.4 Å². The van der Waals surface area contributed by atoms with Crippen molar-refractivity contribution in [2.45, 2.75) is 13.0 Å². The van der Waals surface area contributed by atoms with Gasteiger partial charge in [-0.15, -0.1) is 11.3 Å². The standard InChI is InChI=1S/C18H17Cl2N7S/c1-9(27-14-5-4-12(19)6-22-14)13-7-23-18(28-13)11(3)26-10(2)16-15(20)17(21)25-8-24-16/h4-8,11,26H,1-2H2,3H3,(H,22,27)(H2,21,24,25)/t11-/m1/s1. The fourth-order valence-corrected chi connectivity index (χ4v) is 3.45. The van der Waals surface area contributed by atoms with Crippen molar-refractivity contribution in [2.75, 3.05) is 11.1 Å². The van der Waals surface area contributed by atoms with E-state index in [0.29, 0.717) is 27.9 Å². The van der Waals surface area contributed by atoms with Gasteiger partial charge in [0.1, 0.15) is 33.7 Å². The molecular weight excluding hydrogens is 417 g/mol. The monoisotopic (exact) mass is 433 g/mol. The molecule has 0 unspecified atom stereocenters. The van der Waals surface area contributed by atoms with Gasteiger partial charge >= 0.3 is 0 Å². The van der Waals surface area contributed by atoms with Crippen LogP contribution < -0.4 is 16.4 Å². The summed E-state index contributed by atoms with van der Waals surface area (Å²) in [5, 5.41) is 8.06. The van der Waals surface area contributed by atoms with Gasteiger partial charge in [-0.25, -0.2) is 19.9 Å². The predicted octanol–water partition coefficient (Wildman–Crippen LogP) is 4.62. The molecule has 3 aromatic heterocycles. The molecule has 28 heavy (non-hydrogen) atoms. The van der Waals surface area contributed by atoms with E-state index in [9.17, 15) is 0 Å². The van der Waals surface area contributed by atoms with Gasteiger partial charge in [0.2, 0.25) is 0 Å². The van der Waals surface area contributed by atoms with Crippen molar-refractivity contribution in [1.29, 1.82) is 0 Å². The van der Waals surface area contributed by atoms with Crippen molar-refractivity contribution in [3.8, 4) is 0 Å². The molecule has 0 bridgehead atoms. The van der Waals surface area contributed by atoms with Crippen LogP contribution in [0.4, 0.5) is 11.6 Å². The Bertz CT molecular complexity index is 1020. The van der Waals surface area contributed by atoms with Gasteiger partial charge in [0, 0.05) is 12.4 Å². The number of rotatable bonds is 7. The summed E-state index contributed by atoms with van der Waals surface area (Å²) in [7, 11) is 0. The molecule has 4 N–H and O–H groups in total. The molecule has 0 saturated carbocycles. The molecule has 3 rings (SSSR count). The molecule has 144 valence electrons. The van der Waals surface area contributed by atoms with Crippen LogP contribution in [-0.4, -0.2) is 19.9 Å². The summed E-state index contributed by atoms with van der Waals surface area (Å²) in [4.78, 5) is 17.5. The number of nitrogen functional groups attached to an aromatic ring is 1. The first-order valence-corrected chi connectivity index (χ1v) is 9.67. The molecular formula is C18H17Cl2N7S. The van der Waals surface area contributed by atoms with Gasteiger partial charge in [-0.3, -0.25) is 0 Å². The highest BCUT2D eigenvalue weighted by Crippen LogP contribution is 2.29. The van der Waals surface area contributed by atoms with E-state index in [1.807, 2.05) is 6.92 Å². The third-order valence-electron chi connectivity index (χ3n) is 3.69. The van der Waals surface area contributed by atoms with E-state index >= 15 is 0 Å². The number of nitrogens with two attached hydrogens (primary N) is 1. The van der Waals surface area contributed by atoms with Gasteiger partial charge in [0.25, 0.3) is 0 Å². The summed E-state index contributed by atoms with van der Waals surface area (Å²) in [6.45, 7) is 9.99. The normalized spacial score (nSPS) is 11.7. The summed E-state index contributed by atoms with van der Waals surface area (Å²) in [5.41, 5.74) is 7.40. The van der Waals surface area contributed by atoms with Gasteiger partial charge in [-0.05, 0) is 19.1 Å². The molecule has 0 amide bonds. The van der Waals surface area contributed by atoms with Crippen molar-refractivity contribution in [1.82, 2.24) is 25.3 Å². The van der Waals surface area contributed by atoms with Crippen molar-refractivity contribution in [2.24, 2.45) is 0 Å². The van der Waals surface area contributed by atoms with E-state index in [1.165, 1.54) is 17.7 Å². The largest absolute Gasteiger partial charge is 0.382 e. The fourth-order valence-electron chi connectivity index (χ4n) is 2.28. The molecule has 0 aromatic carbocycles. The number of hydrogen-bond donors (Lipinski definition) is 3. The Morgan fingerprint density at radius 3 is 2.61 bits per heavy atom. The van der Waals surface area contributed by atoms with Gasteiger partial charge in [0.05, 0.1) is 27.3 Å². The zero-order valence-corrected chi connectivity index (χ0v) is 17.2. The lowest BCUT2D eigenvalue weighted by molar-refractivity contribution is 0.693. The van der Waals surface area contributed by atoms with E-state index in [-0.39, 0.29) is 16.9 Å². The number of thiazole rings is 1. The molecule has 0 saturated heterocycles. The first kappa shape index (κ1) is 20.1. The molecule has 10 heteroatoms. The maximum atomic E-state index is 6.15. The number of nitrogens with one attached hydrogen (secondary N) is 2. The smallest absolute Gasteiger partial charge is 0.146 e. The number of aromatic nitrogens is 4. The highest BCUT2D eigenvalue weighted by molar-refractivity contribution is 7.12. The lowest BCUT2D eigenvalue weighted by Gasteiger charge is -2.15. The summed E-state index contributed by atoms with van der Waals surface area (Å²) in [6.07, 6.45) is 4.66. The molecule has 0 aliphatic rings. The van der Waals surface area contributed by atoms with Crippen LogP contribution in [0.25, 0.3) is 11.4 Å². The fraction of sp³-hybridized carbons (Fsp3) is 0.111. The minimum atomic E-state index is -0.125. The number of hydrogen-bond acceptors (Lipinski definition) is 8. The zero-order valence-electron chi connectivity index (χ0n) is 14.9. The van der Waals surface area contributed by atoms with E-state index in [4.69, 9.17) is 28.9 Å². The Morgan fingerprint density at radius 2 is 1.89 bits per heavy atom. The van der Waals surface area contributed by atoms with Crippen molar-refractivity contribution >= 4 is 57.6 Å². The Kier molecular flexibility index (Phi) is 6.13. The highest BCUT2D eigenvalue weighted by Gasteiger charge is 2.16. The van der Waals surface area contributed by atoms with Crippen molar-refractivity contribution in [3.05, 3.63) is 69.6 Å². The second kappa shape index (κ2) is 8.55. The minimum absolute atomic E-state index is 0.125. The lowest BCUT2D eigenvalue weighted by atomic mass is 10.2. The minimum Gasteiger partial charge on any atom is -0.382 e. The number of nitrogens with zero attached hydrogens (tertiary/aromatic N) is 4. The average Bonchev–Trinajstić information content (AvgIpc) is 3.16. The Labute approximate surface area is 176 Å². The first-order chi connectivity index (χ1) is 13.3. The topological polar surface area (TPSA) is 102 Å². The van der Waals surface area contributed by atoms with Crippen LogP contribution in [0.5, 0.6) is 0 Å². The molecule has 7 nitrogen and oxygen atoms in total. The summed E-state index contributed by atoms with van der Waals surface area (Å²) < 4.78 is 0. The van der Waals surface area contributed by atoms with Crippen LogP contribution in [0, 0.1) is 0 Å². The Hall–Kier alpha value is -2.68. The molecule has 1 atom stereocenters. The Morgan fingerprint density at radius 1 is 1.11 bits per heavy atom. The quantitative estimate of drug-likeness (QED) is 0.499. The van der Waals surface area contributed by atoms with E-state index in [0.717, 1.165) is 9.88 Å². The summed E-state index contributed by atoms with van der Waals surface area (Å²) in [6, 6.07) is 3.41. The van der Waals surface area contributed by atoms with Crippen molar-refractivity contribution in [3.63, 3.8) is 0 Å². The molecule has 0 fully saturated rings. The zero-order chi connectivity index (χ0) is 20.3. The maximum absolute atomic E-state index is 6.15. The van der Waals surface area contributed by atoms with Gasteiger partial charge in [-0.2, -0.15) is 0 Å². The molecule has 0 aliphatic carbocycles. The van der Waals surface area contributed by atoms with Crippen LogP contribution in [0.1, 0.15) is 28.5 Å². The summed E-state index contributed by atoms with van der Waals surface area (Å²) in [5.74, 6) is 0.858. The maximum Gasteiger partial charge on any atom is 0.146 e. The van der Waals surface area contributed by atoms with E-state index in [1.54, 1.807) is 24.5 Å². The molecule has 0 spiro atoms. The summed E-state index contributed by atoms with van der Waals surface area (Å²) >= 11 is 13.5. The number of pyridine rings is 1. The van der Waals surface area contributed by atoms with Crippen molar-refractivity contribution < 1.29 is 0 Å². The highest BCUT2D eigenvalue weighted by atomic mass is 35.5. The molecule has 0 radical (unpaired) electrons. The van der Waals surface area contributed by atoms with Crippen LogP contribution >= 0.6 is 34.5 Å². The SMILES string of the molecule is C=C(Nc1ccc(Cl)cn1)c1cnc([C@@H](C)NC(=C)c2ncnc(N)c2Cl)s1. The van der Waals surface area contributed by atoms with Gasteiger partial charge in [0.15, 0.2) is 0 Å². The van der Waals surface area contributed by atoms with Crippen LogP contribution in [-0.2, 0) is 0 Å². The van der Waals surface area contributed by atoms with Gasteiger partial charge < -0.3 is 16.4 Å². The van der Waals surface area contributed by atoms with E-state index in [2.05, 4.69) is 43.7 Å². The predicted molar refractivity (Wildman–Crippen MR) is 116 cm³/mol. The second-order valence-corrected chi connectivity index (χ2v) is 7.67. The van der Waals surface area contributed by atoms with Crippen LogP contribution in [0.3, 0.4) is 0 Å². The Balaban J connectivity index is 1.67. The van der Waals surface area contributed by atoms with E-state index < -0.39 is 0 Å². The number of anilines is 2. The molecule has 0 aliphatic heterocycles. The van der Waals surface area contributed by atoms with Crippen LogP contribution in [0.2, 0.25) is 10.0 Å². The molecule has 3 aromatic rings. The first-order valence-electron chi connectivity index (χ1n) is 8.10.